The Kier molecular flexibility index (Phi) is 7.24. The lowest BCUT2D eigenvalue weighted by Crippen LogP contribution is -2.35. The van der Waals surface area contributed by atoms with Crippen molar-refractivity contribution in [2.24, 2.45) is 0 Å². The number of hydrogen-bond acceptors (Lipinski definition) is 2. The molecule has 3 nitrogen and oxygen atoms in total. The number of anilines is 1. The van der Waals surface area contributed by atoms with Crippen molar-refractivity contribution in [3.63, 3.8) is 0 Å². The Labute approximate surface area is 209 Å². The zero-order valence-corrected chi connectivity index (χ0v) is 20.8. The minimum atomic E-state index is -4.30. The third-order valence-electron chi connectivity index (χ3n) is 6.08. The molecule has 0 bridgehead atoms. The van der Waals surface area contributed by atoms with E-state index in [0.29, 0.717) is 10.6 Å². The van der Waals surface area contributed by atoms with Crippen molar-refractivity contribution in [3.05, 3.63) is 130 Å². The summed E-state index contributed by atoms with van der Waals surface area (Å²) in [6.45, 7) is 3.70. The number of hydrogen-bond donors (Lipinski definition) is 0. The van der Waals surface area contributed by atoms with E-state index < -0.39 is 27.7 Å². The molecule has 2 atom stereocenters. The molecule has 0 fully saturated rings. The average molecular weight is 512 g/mol. The van der Waals surface area contributed by atoms with Gasteiger partial charge in [0.05, 0.1) is 16.6 Å². The van der Waals surface area contributed by atoms with Gasteiger partial charge in [0.1, 0.15) is 11.6 Å². The van der Waals surface area contributed by atoms with Crippen LogP contribution in [0.4, 0.5) is 14.5 Å². The Morgan fingerprint density at radius 1 is 0.771 bits per heavy atom. The Morgan fingerprint density at radius 2 is 1.37 bits per heavy atom. The molecule has 0 aliphatic carbocycles. The van der Waals surface area contributed by atoms with Crippen molar-refractivity contribution in [2.45, 2.75) is 30.7 Å². The second-order valence-electron chi connectivity index (χ2n) is 8.29. The van der Waals surface area contributed by atoms with Gasteiger partial charge in [-0.15, -0.1) is 0 Å². The predicted molar refractivity (Wildman–Crippen MR) is 136 cm³/mol. The van der Waals surface area contributed by atoms with Gasteiger partial charge in [-0.2, -0.15) is 0 Å². The van der Waals surface area contributed by atoms with E-state index in [1.807, 2.05) is 61.5 Å². The molecule has 180 valence electrons. The van der Waals surface area contributed by atoms with Crippen molar-refractivity contribution < 1.29 is 17.2 Å². The van der Waals surface area contributed by atoms with Crippen LogP contribution in [-0.4, -0.2) is 8.42 Å². The third-order valence-corrected chi connectivity index (χ3v) is 8.23. The number of sulfonamides is 1. The quantitative estimate of drug-likeness (QED) is 0.254. The van der Waals surface area contributed by atoms with E-state index in [1.165, 1.54) is 24.3 Å². The Hall–Kier alpha value is -3.22. The maximum Gasteiger partial charge on any atom is 0.264 e. The van der Waals surface area contributed by atoms with Crippen LogP contribution in [0.15, 0.2) is 102 Å². The molecule has 0 heterocycles. The van der Waals surface area contributed by atoms with E-state index in [-0.39, 0.29) is 16.5 Å². The molecule has 0 aliphatic rings. The summed E-state index contributed by atoms with van der Waals surface area (Å²) < 4.78 is 58.0. The lowest BCUT2D eigenvalue weighted by Gasteiger charge is -2.33. The number of halogens is 3. The number of benzene rings is 4. The maximum atomic E-state index is 15.0. The van der Waals surface area contributed by atoms with Gasteiger partial charge in [-0.1, -0.05) is 73.1 Å². The summed E-state index contributed by atoms with van der Waals surface area (Å²) in [5.41, 5.74) is 2.26. The third kappa shape index (κ3) is 5.09. The van der Waals surface area contributed by atoms with Gasteiger partial charge in [-0.3, -0.25) is 4.31 Å². The normalized spacial score (nSPS) is 13.3. The van der Waals surface area contributed by atoms with Gasteiger partial charge in [-0.25, -0.2) is 17.2 Å². The summed E-state index contributed by atoms with van der Waals surface area (Å²) in [5.74, 6) is -1.65. The van der Waals surface area contributed by atoms with Crippen molar-refractivity contribution in [2.75, 3.05) is 4.31 Å². The summed E-state index contributed by atoms with van der Waals surface area (Å²) >= 11 is 5.96. The molecule has 4 rings (SSSR count). The lowest BCUT2D eigenvalue weighted by molar-refractivity contribution is 0.569. The van der Waals surface area contributed by atoms with Gasteiger partial charge in [-0.05, 0) is 60.0 Å². The summed E-state index contributed by atoms with van der Waals surface area (Å²) in [4.78, 5) is -0.0778. The first-order chi connectivity index (χ1) is 16.7. The molecule has 1 unspecified atom stereocenters. The van der Waals surface area contributed by atoms with Crippen molar-refractivity contribution in [1.82, 2.24) is 0 Å². The molecule has 0 saturated carbocycles. The topological polar surface area (TPSA) is 37.4 Å². The second kappa shape index (κ2) is 10.2. The maximum absolute atomic E-state index is 15.0. The monoisotopic (exact) mass is 511 g/mol. The molecule has 7 heteroatoms. The van der Waals surface area contributed by atoms with Crippen LogP contribution in [0.1, 0.15) is 42.5 Å². The van der Waals surface area contributed by atoms with Gasteiger partial charge in [0.15, 0.2) is 0 Å². The second-order valence-corrected chi connectivity index (χ2v) is 10.5. The highest BCUT2D eigenvalue weighted by molar-refractivity contribution is 7.92. The molecule has 0 aromatic heterocycles. The fourth-order valence-electron chi connectivity index (χ4n) is 4.25. The molecular weight excluding hydrogens is 488 g/mol. The first-order valence-corrected chi connectivity index (χ1v) is 12.9. The van der Waals surface area contributed by atoms with Crippen LogP contribution in [-0.2, 0) is 10.0 Å². The van der Waals surface area contributed by atoms with Crippen LogP contribution in [0.25, 0.3) is 0 Å². The summed E-state index contributed by atoms with van der Waals surface area (Å²) in [5, 5.41) is 0.363. The van der Waals surface area contributed by atoms with Crippen LogP contribution in [0.5, 0.6) is 0 Å². The van der Waals surface area contributed by atoms with Gasteiger partial charge < -0.3 is 0 Å². The number of rotatable bonds is 7. The van der Waals surface area contributed by atoms with E-state index in [4.69, 9.17) is 11.6 Å². The van der Waals surface area contributed by atoms with E-state index in [2.05, 4.69) is 0 Å². The van der Waals surface area contributed by atoms with Crippen molar-refractivity contribution in [1.29, 1.82) is 0 Å². The average Bonchev–Trinajstić information content (AvgIpc) is 2.86. The zero-order chi connectivity index (χ0) is 25.2. The molecule has 4 aromatic rings. The molecule has 4 aromatic carbocycles. The van der Waals surface area contributed by atoms with Crippen LogP contribution in [0.3, 0.4) is 0 Å². The highest BCUT2D eigenvalue weighted by Crippen LogP contribution is 2.39. The van der Waals surface area contributed by atoms with Gasteiger partial charge in [0.2, 0.25) is 0 Å². The molecular formula is C28H24ClF2NO2S. The fraction of sp³-hybridized carbons (Fsp3) is 0.143. The van der Waals surface area contributed by atoms with Crippen LogP contribution >= 0.6 is 11.6 Å². The van der Waals surface area contributed by atoms with Gasteiger partial charge >= 0.3 is 0 Å². The number of nitrogens with zero attached hydrogens (tertiary/aromatic N) is 1. The predicted octanol–water partition coefficient (Wildman–Crippen LogP) is 7.73. The zero-order valence-electron chi connectivity index (χ0n) is 19.2. The SMILES string of the molecule is CC(c1ccccc1)c1ccccc1[C@@H](C)N(c1cc(F)ccc1F)S(=O)(=O)c1ccc(Cl)cc1. The Balaban J connectivity index is 1.90. The molecule has 0 saturated heterocycles. The van der Waals surface area contributed by atoms with E-state index in [0.717, 1.165) is 33.6 Å². The Morgan fingerprint density at radius 3 is 2.03 bits per heavy atom. The van der Waals surface area contributed by atoms with Crippen molar-refractivity contribution in [3.8, 4) is 0 Å². The van der Waals surface area contributed by atoms with Crippen LogP contribution < -0.4 is 4.31 Å². The minimum Gasteiger partial charge on any atom is -0.256 e. The largest absolute Gasteiger partial charge is 0.264 e. The smallest absolute Gasteiger partial charge is 0.256 e. The van der Waals surface area contributed by atoms with E-state index in [1.54, 1.807) is 6.92 Å². The standard InChI is InChI=1S/C28H24ClF2NO2S/c1-19(21-8-4-3-5-9-21)25-10-6-7-11-26(25)20(2)32(28-18-23(30)14-17-27(28)31)35(33,34)24-15-12-22(29)13-16-24/h3-20H,1-2H3/t19?,20-/m1/s1. The van der Waals surface area contributed by atoms with Crippen LogP contribution in [0, 0.1) is 11.6 Å². The van der Waals surface area contributed by atoms with E-state index >= 15 is 4.39 Å². The minimum absolute atomic E-state index is 0.0627. The highest BCUT2D eigenvalue weighted by atomic mass is 35.5. The molecule has 35 heavy (non-hydrogen) atoms. The molecule has 0 spiro atoms. The lowest BCUT2D eigenvalue weighted by atomic mass is 9.87. The summed E-state index contributed by atoms with van der Waals surface area (Å²) in [6.07, 6.45) is 0. The first kappa shape index (κ1) is 24.9. The summed E-state index contributed by atoms with van der Waals surface area (Å²) in [6, 6.07) is 24.8. The molecule has 0 amide bonds. The van der Waals surface area contributed by atoms with Gasteiger partial charge in [0, 0.05) is 17.0 Å². The van der Waals surface area contributed by atoms with E-state index in [9.17, 15) is 12.8 Å². The molecule has 0 aliphatic heterocycles. The van der Waals surface area contributed by atoms with Crippen molar-refractivity contribution >= 4 is 27.3 Å². The van der Waals surface area contributed by atoms with Gasteiger partial charge in [0.25, 0.3) is 10.0 Å². The highest BCUT2D eigenvalue weighted by Gasteiger charge is 2.34. The Bertz CT molecular complexity index is 1430. The van der Waals surface area contributed by atoms with Crippen LogP contribution in [0.2, 0.25) is 5.02 Å². The molecule has 0 N–H and O–H groups in total. The summed E-state index contributed by atoms with van der Waals surface area (Å²) in [7, 11) is -4.30. The molecule has 0 radical (unpaired) electrons. The first-order valence-electron chi connectivity index (χ1n) is 11.1. The fourth-order valence-corrected chi connectivity index (χ4v) is 6.02.